The number of anilines is 1. The quantitative estimate of drug-likeness (QED) is 0.886. The number of rotatable bonds is 5. The highest BCUT2D eigenvalue weighted by Crippen LogP contribution is 2.26. The Morgan fingerprint density at radius 2 is 1.80 bits per heavy atom. The Kier molecular flexibility index (Phi) is 4.72. The van der Waals surface area contributed by atoms with Gasteiger partial charge in [0.15, 0.2) is 5.82 Å². The molecule has 1 N–H and O–H groups in total. The van der Waals surface area contributed by atoms with E-state index in [9.17, 15) is 0 Å². The van der Waals surface area contributed by atoms with Gasteiger partial charge in [-0.25, -0.2) is 9.97 Å². The lowest BCUT2D eigenvalue weighted by molar-refractivity contribution is 0.953. The molecule has 2 aromatic rings. The van der Waals surface area contributed by atoms with Gasteiger partial charge in [0.2, 0.25) is 0 Å². The molecular formula is C17H23N3. The Morgan fingerprint density at radius 1 is 1.05 bits per heavy atom. The molecule has 0 unspecified atom stereocenters. The van der Waals surface area contributed by atoms with Gasteiger partial charge in [0.1, 0.15) is 5.69 Å². The minimum absolute atomic E-state index is 0.892. The van der Waals surface area contributed by atoms with E-state index in [4.69, 9.17) is 4.98 Å². The summed E-state index contributed by atoms with van der Waals surface area (Å²) in [6.07, 6.45) is 2.10. The highest BCUT2D eigenvalue weighted by atomic mass is 15.0. The highest BCUT2D eigenvalue weighted by molar-refractivity contribution is 5.72. The Morgan fingerprint density at radius 3 is 2.50 bits per heavy atom. The second-order valence-electron chi connectivity index (χ2n) is 5.07. The third-order valence-corrected chi connectivity index (χ3v) is 3.46. The molecule has 3 heteroatoms. The zero-order valence-electron chi connectivity index (χ0n) is 12.8. The Balaban J connectivity index is 2.49. The summed E-state index contributed by atoms with van der Waals surface area (Å²) in [4.78, 5) is 9.41. The summed E-state index contributed by atoms with van der Waals surface area (Å²) >= 11 is 0. The predicted molar refractivity (Wildman–Crippen MR) is 85.1 cm³/mol. The van der Waals surface area contributed by atoms with Crippen molar-refractivity contribution in [2.24, 2.45) is 0 Å². The lowest BCUT2D eigenvalue weighted by Crippen LogP contribution is -2.07. The largest absolute Gasteiger partial charge is 0.368 e. The molecule has 1 aromatic heterocycles. The maximum Gasteiger partial charge on any atom is 0.152 e. The molecule has 0 radical (unpaired) electrons. The van der Waals surface area contributed by atoms with Crippen molar-refractivity contribution in [3.05, 3.63) is 41.2 Å². The molecule has 0 bridgehead atoms. The average molecular weight is 269 g/mol. The highest BCUT2D eigenvalue weighted by Gasteiger charge is 2.11. The van der Waals surface area contributed by atoms with Crippen molar-refractivity contribution < 1.29 is 0 Å². The molecule has 106 valence electrons. The molecule has 3 nitrogen and oxygen atoms in total. The topological polar surface area (TPSA) is 37.8 Å². The standard InChI is InChI=1S/C17H23N3/c1-5-10-18-17-16(19-12(3)13(4)20-17)15-9-7-8-14(6-2)11-15/h7-9,11H,5-6,10H2,1-4H3,(H,18,20). The van der Waals surface area contributed by atoms with E-state index < -0.39 is 0 Å². The number of aromatic nitrogens is 2. The van der Waals surface area contributed by atoms with Crippen LogP contribution in [0.4, 0.5) is 5.82 Å². The van der Waals surface area contributed by atoms with Crippen molar-refractivity contribution in [3.63, 3.8) is 0 Å². The third-order valence-electron chi connectivity index (χ3n) is 3.46. The molecule has 20 heavy (non-hydrogen) atoms. The smallest absolute Gasteiger partial charge is 0.152 e. The first-order valence-corrected chi connectivity index (χ1v) is 7.34. The first-order valence-electron chi connectivity index (χ1n) is 7.34. The van der Waals surface area contributed by atoms with Crippen molar-refractivity contribution in [2.45, 2.75) is 40.5 Å². The third kappa shape index (κ3) is 3.16. The molecule has 0 aliphatic carbocycles. The number of hydrogen-bond donors (Lipinski definition) is 1. The van der Waals surface area contributed by atoms with Gasteiger partial charge in [-0.3, -0.25) is 0 Å². The molecule has 0 spiro atoms. The van der Waals surface area contributed by atoms with Gasteiger partial charge in [0.05, 0.1) is 11.4 Å². The van der Waals surface area contributed by atoms with Crippen LogP contribution < -0.4 is 5.32 Å². The SMILES string of the molecule is CCCNc1nc(C)c(C)nc1-c1cccc(CC)c1. The minimum Gasteiger partial charge on any atom is -0.368 e. The van der Waals surface area contributed by atoms with E-state index in [0.717, 1.165) is 47.8 Å². The van der Waals surface area contributed by atoms with Crippen LogP contribution in [0.15, 0.2) is 24.3 Å². The first kappa shape index (κ1) is 14.5. The van der Waals surface area contributed by atoms with Gasteiger partial charge in [-0.05, 0) is 38.3 Å². The van der Waals surface area contributed by atoms with Crippen molar-refractivity contribution in [2.75, 3.05) is 11.9 Å². The van der Waals surface area contributed by atoms with Crippen LogP contribution in [-0.2, 0) is 6.42 Å². The van der Waals surface area contributed by atoms with Crippen LogP contribution in [0.5, 0.6) is 0 Å². The van der Waals surface area contributed by atoms with Crippen LogP contribution in [0, 0.1) is 13.8 Å². The van der Waals surface area contributed by atoms with Crippen molar-refractivity contribution in [3.8, 4) is 11.3 Å². The van der Waals surface area contributed by atoms with Crippen LogP contribution in [0.3, 0.4) is 0 Å². The van der Waals surface area contributed by atoms with E-state index in [0.29, 0.717) is 0 Å². The summed E-state index contributed by atoms with van der Waals surface area (Å²) < 4.78 is 0. The zero-order chi connectivity index (χ0) is 14.5. The average Bonchev–Trinajstić information content (AvgIpc) is 2.48. The van der Waals surface area contributed by atoms with Gasteiger partial charge in [0, 0.05) is 12.1 Å². The number of aryl methyl sites for hydroxylation is 3. The molecule has 1 heterocycles. The van der Waals surface area contributed by atoms with Crippen LogP contribution in [0.25, 0.3) is 11.3 Å². The summed E-state index contributed by atoms with van der Waals surface area (Å²) in [5.41, 5.74) is 5.39. The normalized spacial score (nSPS) is 10.6. The molecule has 2 rings (SSSR count). The molecule has 0 saturated heterocycles. The fraction of sp³-hybridized carbons (Fsp3) is 0.412. The van der Waals surface area contributed by atoms with Crippen LogP contribution in [-0.4, -0.2) is 16.5 Å². The Bertz CT molecular complexity index is 591. The summed E-state index contributed by atoms with van der Waals surface area (Å²) in [5, 5.41) is 3.39. The van der Waals surface area contributed by atoms with Gasteiger partial charge < -0.3 is 5.32 Å². The molecule has 0 aliphatic rings. The lowest BCUT2D eigenvalue weighted by Gasteiger charge is -2.13. The number of nitrogens with zero attached hydrogens (tertiary/aromatic N) is 2. The lowest BCUT2D eigenvalue weighted by atomic mass is 10.1. The van der Waals surface area contributed by atoms with Gasteiger partial charge in [-0.1, -0.05) is 32.0 Å². The van der Waals surface area contributed by atoms with Crippen molar-refractivity contribution in [1.82, 2.24) is 9.97 Å². The summed E-state index contributed by atoms with van der Waals surface area (Å²) in [6, 6.07) is 8.55. The summed E-state index contributed by atoms with van der Waals surface area (Å²) in [5.74, 6) is 0.892. The second kappa shape index (κ2) is 6.51. The van der Waals surface area contributed by atoms with Crippen molar-refractivity contribution in [1.29, 1.82) is 0 Å². The Hall–Kier alpha value is -1.90. The molecule has 1 aromatic carbocycles. The molecule has 0 aliphatic heterocycles. The predicted octanol–water partition coefficient (Wildman–Crippen LogP) is 4.14. The van der Waals surface area contributed by atoms with Gasteiger partial charge in [-0.2, -0.15) is 0 Å². The van der Waals surface area contributed by atoms with Crippen molar-refractivity contribution >= 4 is 5.82 Å². The van der Waals surface area contributed by atoms with Gasteiger partial charge in [-0.15, -0.1) is 0 Å². The molecule has 0 atom stereocenters. The summed E-state index contributed by atoms with van der Waals surface area (Å²) in [6.45, 7) is 9.25. The minimum atomic E-state index is 0.892. The van der Waals surface area contributed by atoms with E-state index in [-0.39, 0.29) is 0 Å². The zero-order valence-corrected chi connectivity index (χ0v) is 12.8. The van der Waals surface area contributed by atoms with Crippen LogP contribution in [0.2, 0.25) is 0 Å². The first-order chi connectivity index (χ1) is 9.65. The van der Waals surface area contributed by atoms with E-state index in [1.165, 1.54) is 5.56 Å². The number of benzene rings is 1. The van der Waals surface area contributed by atoms with Gasteiger partial charge >= 0.3 is 0 Å². The molecular weight excluding hydrogens is 246 g/mol. The van der Waals surface area contributed by atoms with E-state index >= 15 is 0 Å². The molecule has 0 fully saturated rings. The molecule has 0 amide bonds. The van der Waals surface area contributed by atoms with E-state index in [1.54, 1.807) is 0 Å². The molecule has 0 saturated carbocycles. The summed E-state index contributed by atoms with van der Waals surface area (Å²) in [7, 11) is 0. The fourth-order valence-corrected chi connectivity index (χ4v) is 2.11. The van der Waals surface area contributed by atoms with E-state index in [1.807, 2.05) is 13.8 Å². The van der Waals surface area contributed by atoms with Gasteiger partial charge in [0.25, 0.3) is 0 Å². The number of hydrogen-bond acceptors (Lipinski definition) is 3. The number of nitrogens with one attached hydrogen (secondary N) is 1. The maximum atomic E-state index is 4.75. The fourth-order valence-electron chi connectivity index (χ4n) is 2.11. The maximum absolute atomic E-state index is 4.75. The second-order valence-corrected chi connectivity index (χ2v) is 5.07. The monoisotopic (exact) mass is 269 g/mol. The van der Waals surface area contributed by atoms with E-state index in [2.05, 4.69) is 48.4 Å². The van der Waals surface area contributed by atoms with Crippen LogP contribution in [0.1, 0.15) is 37.2 Å². The Labute approximate surface area is 121 Å². The van der Waals surface area contributed by atoms with Crippen LogP contribution >= 0.6 is 0 Å².